The Morgan fingerprint density at radius 1 is 1.29 bits per heavy atom. The molecule has 2 rings (SSSR count). The molecule has 1 unspecified atom stereocenters. The maximum absolute atomic E-state index is 6.38. The van der Waals surface area contributed by atoms with Gasteiger partial charge in [-0.1, -0.05) is 25.5 Å². The molecule has 0 amide bonds. The van der Waals surface area contributed by atoms with Gasteiger partial charge in [0.05, 0.1) is 7.11 Å². The molecule has 1 aromatic carbocycles. The highest BCUT2D eigenvalue weighted by molar-refractivity contribution is 5.30. The van der Waals surface area contributed by atoms with E-state index in [0.717, 1.165) is 23.8 Å². The van der Waals surface area contributed by atoms with Crippen molar-refractivity contribution in [1.29, 1.82) is 0 Å². The molecule has 1 fully saturated rings. The van der Waals surface area contributed by atoms with Crippen LogP contribution in [0.2, 0.25) is 0 Å². The highest BCUT2D eigenvalue weighted by Gasteiger charge is 2.24. The van der Waals surface area contributed by atoms with E-state index in [0.29, 0.717) is 6.04 Å². The molecule has 0 aliphatic heterocycles. The number of benzene rings is 1. The van der Waals surface area contributed by atoms with Crippen molar-refractivity contribution in [3.63, 3.8) is 0 Å². The van der Waals surface area contributed by atoms with E-state index in [4.69, 9.17) is 10.5 Å². The minimum Gasteiger partial charge on any atom is -0.497 e. The van der Waals surface area contributed by atoms with Crippen molar-refractivity contribution in [3.05, 3.63) is 29.8 Å². The average Bonchev–Trinajstić information content (AvgIpc) is 2.54. The summed E-state index contributed by atoms with van der Waals surface area (Å²) in [6.45, 7) is 3.22. The van der Waals surface area contributed by atoms with Gasteiger partial charge in [-0.05, 0) is 56.3 Å². The van der Waals surface area contributed by atoms with Gasteiger partial charge in [-0.2, -0.15) is 0 Å². The first-order valence-electron chi connectivity index (χ1n) is 8.23. The average molecular weight is 290 g/mol. The molecule has 3 heteroatoms. The molecule has 2 N–H and O–H groups in total. The summed E-state index contributed by atoms with van der Waals surface area (Å²) < 4.78 is 5.28. The summed E-state index contributed by atoms with van der Waals surface area (Å²) in [5.74, 6) is 1.83. The monoisotopic (exact) mass is 290 g/mol. The standard InChI is InChI=1S/C18H30N2O/c1-4-14-8-10-16(11-9-14)20(2)13-18(19)15-6-5-7-17(12-15)21-3/h5-7,12,14,16,18H,4,8-11,13,19H2,1-3H3. The SMILES string of the molecule is CCC1CCC(N(C)CC(N)c2cccc(OC)c2)CC1. The smallest absolute Gasteiger partial charge is 0.119 e. The lowest BCUT2D eigenvalue weighted by Crippen LogP contribution is -2.39. The van der Waals surface area contributed by atoms with E-state index >= 15 is 0 Å². The van der Waals surface area contributed by atoms with Crippen molar-refractivity contribution in [2.45, 2.75) is 51.1 Å². The van der Waals surface area contributed by atoms with Gasteiger partial charge in [0.1, 0.15) is 5.75 Å². The molecule has 21 heavy (non-hydrogen) atoms. The fourth-order valence-electron chi connectivity index (χ4n) is 3.43. The van der Waals surface area contributed by atoms with E-state index in [2.05, 4.69) is 24.9 Å². The van der Waals surface area contributed by atoms with Crippen LogP contribution in [0.15, 0.2) is 24.3 Å². The van der Waals surface area contributed by atoms with Gasteiger partial charge in [0.25, 0.3) is 0 Å². The maximum Gasteiger partial charge on any atom is 0.119 e. The predicted octanol–water partition coefficient (Wildman–Crippen LogP) is 3.60. The largest absolute Gasteiger partial charge is 0.497 e. The summed E-state index contributed by atoms with van der Waals surface area (Å²) in [6.07, 6.45) is 6.72. The van der Waals surface area contributed by atoms with Crippen molar-refractivity contribution in [3.8, 4) is 5.75 Å². The first-order chi connectivity index (χ1) is 10.1. The maximum atomic E-state index is 6.38. The van der Waals surface area contributed by atoms with Gasteiger partial charge in [-0.15, -0.1) is 0 Å². The zero-order valence-electron chi connectivity index (χ0n) is 13.7. The Hall–Kier alpha value is -1.06. The third-order valence-electron chi connectivity index (χ3n) is 5.02. The molecule has 1 saturated carbocycles. The molecule has 0 bridgehead atoms. The van der Waals surface area contributed by atoms with Crippen LogP contribution in [-0.2, 0) is 0 Å². The zero-order chi connectivity index (χ0) is 15.2. The number of ether oxygens (including phenoxy) is 1. The number of nitrogens with zero attached hydrogens (tertiary/aromatic N) is 1. The molecular formula is C18H30N2O. The summed E-state index contributed by atoms with van der Waals surface area (Å²) in [5.41, 5.74) is 7.54. The summed E-state index contributed by atoms with van der Waals surface area (Å²) in [4.78, 5) is 2.45. The van der Waals surface area contributed by atoms with E-state index in [1.165, 1.54) is 32.1 Å². The Labute approximate surface area is 129 Å². The number of hydrogen-bond acceptors (Lipinski definition) is 3. The molecule has 0 heterocycles. The van der Waals surface area contributed by atoms with Crippen molar-refractivity contribution >= 4 is 0 Å². The molecule has 1 aromatic rings. The molecule has 0 spiro atoms. The van der Waals surface area contributed by atoms with Gasteiger partial charge in [0.2, 0.25) is 0 Å². The van der Waals surface area contributed by atoms with Crippen LogP contribution in [0.5, 0.6) is 5.75 Å². The van der Waals surface area contributed by atoms with Crippen LogP contribution in [-0.4, -0.2) is 31.6 Å². The zero-order valence-corrected chi connectivity index (χ0v) is 13.7. The van der Waals surface area contributed by atoms with Crippen LogP contribution < -0.4 is 10.5 Å². The summed E-state index contributed by atoms with van der Waals surface area (Å²) in [7, 11) is 3.92. The fourth-order valence-corrected chi connectivity index (χ4v) is 3.43. The van der Waals surface area contributed by atoms with E-state index in [-0.39, 0.29) is 6.04 Å². The Balaban J connectivity index is 1.88. The van der Waals surface area contributed by atoms with Gasteiger partial charge >= 0.3 is 0 Å². The Morgan fingerprint density at radius 3 is 2.62 bits per heavy atom. The topological polar surface area (TPSA) is 38.5 Å². The lowest BCUT2D eigenvalue weighted by molar-refractivity contribution is 0.156. The first-order valence-corrected chi connectivity index (χ1v) is 8.23. The number of nitrogens with two attached hydrogens (primary N) is 1. The Bertz CT molecular complexity index is 427. The normalized spacial score (nSPS) is 24.0. The van der Waals surface area contributed by atoms with Crippen molar-refractivity contribution in [2.75, 3.05) is 20.7 Å². The summed E-state index contributed by atoms with van der Waals surface area (Å²) >= 11 is 0. The number of methoxy groups -OCH3 is 1. The molecule has 0 saturated heterocycles. The van der Waals surface area contributed by atoms with Gasteiger partial charge in [0.15, 0.2) is 0 Å². The van der Waals surface area contributed by atoms with Gasteiger partial charge < -0.3 is 15.4 Å². The van der Waals surface area contributed by atoms with E-state index in [1.54, 1.807) is 7.11 Å². The van der Waals surface area contributed by atoms with Crippen LogP contribution >= 0.6 is 0 Å². The van der Waals surface area contributed by atoms with Crippen LogP contribution in [0.4, 0.5) is 0 Å². The third kappa shape index (κ3) is 4.45. The van der Waals surface area contributed by atoms with Crippen molar-refractivity contribution in [1.82, 2.24) is 4.90 Å². The van der Waals surface area contributed by atoms with Gasteiger partial charge in [-0.25, -0.2) is 0 Å². The molecule has 1 atom stereocenters. The number of rotatable bonds is 6. The van der Waals surface area contributed by atoms with Crippen LogP contribution in [0, 0.1) is 5.92 Å². The molecule has 118 valence electrons. The second kappa shape index (κ2) is 7.81. The molecule has 1 aliphatic carbocycles. The minimum absolute atomic E-state index is 0.0500. The Kier molecular flexibility index (Phi) is 6.07. The van der Waals surface area contributed by atoms with Crippen molar-refractivity contribution in [2.24, 2.45) is 11.7 Å². The third-order valence-corrected chi connectivity index (χ3v) is 5.02. The highest BCUT2D eigenvalue weighted by Crippen LogP contribution is 2.29. The van der Waals surface area contributed by atoms with Crippen LogP contribution in [0.25, 0.3) is 0 Å². The minimum atomic E-state index is 0.0500. The molecule has 0 aromatic heterocycles. The fraction of sp³-hybridized carbons (Fsp3) is 0.667. The first kappa shape index (κ1) is 16.3. The van der Waals surface area contributed by atoms with Gasteiger partial charge in [0, 0.05) is 18.6 Å². The van der Waals surface area contributed by atoms with E-state index in [1.807, 2.05) is 18.2 Å². The van der Waals surface area contributed by atoms with Crippen LogP contribution in [0.1, 0.15) is 50.6 Å². The highest BCUT2D eigenvalue weighted by atomic mass is 16.5. The lowest BCUT2D eigenvalue weighted by atomic mass is 9.84. The van der Waals surface area contributed by atoms with E-state index in [9.17, 15) is 0 Å². The molecular weight excluding hydrogens is 260 g/mol. The Morgan fingerprint density at radius 2 is 2.00 bits per heavy atom. The van der Waals surface area contributed by atoms with Gasteiger partial charge in [-0.3, -0.25) is 0 Å². The second-order valence-electron chi connectivity index (χ2n) is 6.41. The molecule has 1 aliphatic rings. The van der Waals surface area contributed by atoms with E-state index < -0.39 is 0 Å². The quantitative estimate of drug-likeness (QED) is 0.870. The summed E-state index contributed by atoms with van der Waals surface area (Å²) in [5, 5.41) is 0. The molecule has 3 nitrogen and oxygen atoms in total. The number of likely N-dealkylation sites (N-methyl/N-ethyl adjacent to an activating group) is 1. The second-order valence-corrected chi connectivity index (χ2v) is 6.41. The number of hydrogen-bond donors (Lipinski definition) is 1. The van der Waals surface area contributed by atoms with Crippen LogP contribution in [0.3, 0.4) is 0 Å². The van der Waals surface area contributed by atoms with Crippen molar-refractivity contribution < 1.29 is 4.74 Å². The summed E-state index contributed by atoms with van der Waals surface area (Å²) in [6, 6.07) is 8.87. The molecule has 0 radical (unpaired) electrons. The predicted molar refractivity (Wildman–Crippen MR) is 88.6 cm³/mol. The lowest BCUT2D eigenvalue weighted by Gasteiger charge is -2.35.